The van der Waals surface area contributed by atoms with Crippen LogP contribution in [0.15, 0.2) is 12.4 Å². The highest BCUT2D eigenvalue weighted by atomic mass is 16.6. The van der Waals surface area contributed by atoms with Gasteiger partial charge in [-0.25, -0.2) is 0 Å². The Kier molecular flexibility index (Phi) is 2.88. The van der Waals surface area contributed by atoms with Crippen molar-refractivity contribution in [2.45, 2.75) is 25.0 Å². The zero-order valence-electron chi connectivity index (χ0n) is 8.80. The van der Waals surface area contributed by atoms with Crippen molar-refractivity contribution >= 4 is 5.69 Å². The lowest BCUT2D eigenvalue weighted by atomic mass is 9.92. The van der Waals surface area contributed by atoms with E-state index in [-0.39, 0.29) is 5.69 Å². The van der Waals surface area contributed by atoms with Gasteiger partial charge in [-0.3, -0.25) is 14.8 Å². The smallest absolute Gasteiger partial charge is 0.306 e. The molecule has 1 saturated heterocycles. The predicted octanol–water partition coefficient (Wildman–Crippen LogP) is -0.0942. The topological polar surface area (TPSA) is 93.2 Å². The molecular formula is C9H14N4O3. The minimum Gasteiger partial charge on any atom is -0.388 e. The van der Waals surface area contributed by atoms with Crippen LogP contribution >= 0.6 is 0 Å². The molecule has 2 N–H and O–H groups in total. The summed E-state index contributed by atoms with van der Waals surface area (Å²) >= 11 is 0. The zero-order valence-corrected chi connectivity index (χ0v) is 8.80. The molecule has 0 spiro atoms. The zero-order chi connectivity index (χ0) is 11.6. The van der Waals surface area contributed by atoms with Gasteiger partial charge >= 0.3 is 5.69 Å². The number of nitro groups is 1. The first-order chi connectivity index (χ1) is 7.59. The molecule has 0 unspecified atom stereocenters. The summed E-state index contributed by atoms with van der Waals surface area (Å²) in [7, 11) is 0. The number of piperidine rings is 1. The van der Waals surface area contributed by atoms with Gasteiger partial charge in [0.2, 0.25) is 0 Å². The third-order valence-corrected chi connectivity index (χ3v) is 2.82. The highest BCUT2D eigenvalue weighted by Gasteiger charge is 2.30. The number of aromatic nitrogens is 2. The lowest BCUT2D eigenvalue weighted by Gasteiger charge is -2.32. The molecular weight excluding hydrogens is 212 g/mol. The Morgan fingerprint density at radius 2 is 2.31 bits per heavy atom. The maximum atomic E-state index is 10.5. The van der Waals surface area contributed by atoms with E-state index in [0.29, 0.717) is 19.4 Å². The first-order valence-electron chi connectivity index (χ1n) is 5.19. The second-order valence-electron chi connectivity index (χ2n) is 4.13. The second kappa shape index (κ2) is 4.18. The van der Waals surface area contributed by atoms with E-state index < -0.39 is 10.5 Å². The van der Waals surface area contributed by atoms with Crippen molar-refractivity contribution in [1.29, 1.82) is 0 Å². The van der Waals surface area contributed by atoms with Crippen LogP contribution in [-0.4, -0.2) is 38.5 Å². The van der Waals surface area contributed by atoms with Crippen molar-refractivity contribution in [2.24, 2.45) is 0 Å². The number of nitrogens with zero attached hydrogens (tertiary/aromatic N) is 3. The summed E-state index contributed by atoms with van der Waals surface area (Å²) < 4.78 is 1.43. The van der Waals surface area contributed by atoms with Gasteiger partial charge in [-0.1, -0.05) is 0 Å². The van der Waals surface area contributed by atoms with Crippen LogP contribution in [0.3, 0.4) is 0 Å². The highest BCUT2D eigenvalue weighted by Crippen LogP contribution is 2.21. The lowest BCUT2D eigenvalue weighted by Crippen LogP contribution is -2.44. The van der Waals surface area contributed by atoms with E-state index in [2.05, 4.69) is 10.4 Å². The molecule has 1 aliphatic rings. The molecule has 0 saturated carbocycles. The van der Waals surface area contributed by atoms with Crippen LogP contribution in [0, 0.1) is 10.1 Å². The standard InChI is InChI=1S/C9H14N4O3/c14-9(1-3-10-4-2-9)7-12-6-8(5-11-12)13(15)16/h5-6,10,14H,1-4,7H2. The lowest BCUT2D eigenvalue weighted by molar-refractivity contribution is -0.385. The van der Waals surface area contributed by atoms with Gasteiger partial charge in [0.05, 0.1) is 17.1 Å². The molecule has 7 heteroatoms. The van der Waals surface area contributed by atoms with E-state index in [1.807, 2.05) is 0 Å². The summed E-state index contributed by atoms with van der Waals surface area (Å²) in [6.45, 7) is 1.84. The fourth-order valence-corrected chi connectivity index (χ4v) is 1.89. The van der Waals surface area contributed by atoms with Gasteiger partial charge in [0, 0.05) is 0 Å². The first-order valence-corrected chi connectivity index (χ1v) is 5.19. The summed E-state index contributed by atoms with van der Waals surface area (Å²) in [6.07, 6.45) is 3.83. The fraction of sp³-hybridized carbons (Fsp3) is 0.667. The fourth-order valence-electron chi connectivity index (χ4n) is 1.89. The van der Waals surface area contributed by atoms with Crippen LogP contribution in [0.25, 0.3) is 0 Å². The molecule has 0 radical (unpaired) electrons. The average molecular weight is 226 g/mol. The van der Waals surface area contributed by atoms with E-state index in [4.69, 9.17) is 0 Å². The maximum absolute atomic E-state index is 10.5. The minimum atomic E-state index is -0.800. The Morgan fingerprint density at radius 3 is 2.88 bits per heavy atom. The van der Waals surface area contributed by atoms with Crippen LogP contribution in [0.1, 0.15) is 12.8 Å². The Labute approximate surface area is 92.2 Å². The number of rotatable bonds is 3. The molecule has 0 aromatic carbocycles. The van der Waals surface area contributed by atoms with Gasteiger partial charge in [0.15, 0.2) is 0 Å². The summed E-state index contributed by atoms with van der Waals surface area (Å²) in [5.41, 5.74) is -0.844. The number of hydrogen-bond acceptors (Lipinski definition) is 5. The maximum Gasteiger partial charge on any atom is 0.306 e. The molecule has 0 atom stereocenters. The molecule has 0 aliphatic carbocycles. The van der Waals surface area contributed by atoms with Gasteiger partial charge in [-0.05, 0) is 25.9 Å². The Hall–Kier alpha value is -1.47. The first kappa shape index (κ1) is 11.0. The Morgan fingerprint density at radius 1 is 1.62 bits per heavy atom. The van der Waals surface area contributed by atoms with Crippen molar-refractivity contribution in [3.8, 4) is 0 Å². The Bertz CT molecular complexity index is 384. The third kappa shape index (κ3) is 2.37. The van der Waals surface area contributed by atoms with E-state index in [1.54, 1.807) is 0 Å². The van der Waals surface area contributed by atoms with Crippen molar-refractivity contribution in [2.75, 3.05) is 13.1 Å². The highest BCUT2D eigenvalue weighted by molar-refractivity contribution is 5.20. The van der Waals surface area contributed by atoms with E-state index in [9.17, 15) is 15.2 Å². The molecule has 1 aromatic heterocycles. The predicted molar refractivity (Wildman–Crippen MR) is 55.9 cm³/mol. The largest absolute Gasteiger partial charge is 0.388 e. The molecule has 1 aromatic rings. The van der Waals surface area contributed by atoms with Crippen molar-refractivity contribution in [3.63, 3.8) is 0 Å². The summed E-state index contributed by atoms with van der Waals surface area (Å²) in [4.78, 5) is 9.98. The summed E-state index contributed by atoms with van der Waals surface area (Å²) in [5, 5.41) is 27.7. The van der Waals surface area contributed by atoms with Crippen LogP contribution in [-0.2, 0) is 6.54 Å². The van der Waals surface area contributed by atoms with Crippen molar-refractivity contribution in [3.05, 3.63) is 22.5 Å². The summed E-state index contributed by atoms with van der Waals surface area (Å²) in [6, 6.07) is 0. The molecule has 2 rings (SSSR count). The molecule has 1 fully saturated rings. The monoisotopic (exact) mass is 226 g/mol. The molecule has 0 amide bonds. The number of hydrogen-bond donors (Lipinski definition) is 2. The minimum absolute atomic E-state index is 0.0439. The van der Waals surface area contributed by atoms with Gasteiger partial charge < -0.3 is 10.4 Å². The molecule has 2 heterocycles. The van der Waals surface area contributed by atoms with Crippen LogP contribution < -0.4 is 5.32 Å². The Balaban J connectivity index is 2.04. The van der Waals surface area contributed by atoms with Gasteiger partial charge in [0.1, 0.15) is 12.4 Å². The number of aliphatic hydroxyl groups is 1. The molecule has 16 heavy (non-hydrogen) atoms. The van der Waals surface area contributed by atoms with E-state index in [1.165, 1.54) is 17.1 Å². The average Bonchev–Trinajstić information content (AvgIpc) is 2.66. The summed E-state index contributed by atoms with van der Waals surface area (Å²) in [5.74, 6) is 0. The molecule has 0 bridgehead atoms. The normalized spacial score (nSPS) is 19.6. The van der Waals surface area contributed by atoms with E-state index >= 15 is 0 Å². The second-order valence-corrected chi connectivity index (χ2v) is 4.13. The molecule has 1 aliphatic heterocycles. The SMILES string of the molecule is O=[N+]([O-])c1cnn(CC2(O)CCNCC2)c1. The van der Waals surface area contributed by atoms with Crippen molar-refractivity contribution < 1.29 is 10.0 Å². The van der Waals surface area contributed by atoms with Gasteiger partial charge in [-0.15, -0.1) is 0 Å². The van der Waals surface area contributed by atoms with Crippen LogP contribution in [0.5, 0.6) is 0 Å². The van der Waals surface area contributed by atoms with Crippen LogP contribution in [0.2, 0.25) is 0 Å². The van der Waals surface area contributed by atoms with Crippen molar-refractivity contribution in [1.82, 2.24) is 15.1 Å². The quantitative estimate of drug-likeness (QED) is 0.554. The van der Waals surface area contributed by atoms with E-state index in [0.717, 1.165) is 13.1 Å². The number of nitrogens with one attached hydrogen (secondary N) is 1. The van der Waals surface area contributed by atoms with Gasteiger partial charge in [-0.2, -0.15) is 5.10 Å². The van der Waals surface area contributed by atoms with Crippen LogP contribution in [0.4, 0.5) is 5.69 Å². The third-order valence-electron chi connectivity index (χ3n) is 2.82. The molecule has 88 valence electrons. The van der Waals surface area contributed by atoms with Gasteiger partial charge in [0.25, 0.3) is 0 Å². The molecule has 7 nitrogen and oxygen atoms in total.